The van der Waals surface area contributed by atoms with Gasteiger partial charge in [-0.3, -0.25) is 0 Å². The van der Waals surface area contributed by atoms with E-state index in [1.165, 1.54) is 6.07 Å². The van der Waals surface area contributed by atoms with Crippen LogP contribution in [-0.4, -0.2) is 33.7 Å². The second kappa shape index (κ2) is 6.50. The minimum Gasteiger partial charge on any atom is -0.459 e. The van der Waals surface area contributed by atoms with Crippen LogP contribution in [0.3, 0.4) is 0 Å². The number of nitrogens with two attached hydrogens (primary N) is 1. The van der Waals surface area contributed by atoms with E-state index < -0.39 is 16.0 Å². The first-order valence-corrected chi connectivity index (χ1v) is 8.40. The van der Waals surface area contributed by atoms with Gasteiger partial charge in [-0.25, -0.2) is 18.4 Å². The summed E-state index contributed by atoms with van der Waals surface area (Å²) in [5.74, 6) is -0.776. The van der Waals surface area contributed by atoms with Crippen molar-refractivity contribution >= 4 is 39.2 Å². The molecule has 0 aliphatic carbocycles. The summed E-state index contributed by atoms with van der Waals surface area (Å²) in [6, 6.07) is 2.39. The van der Waals surface area contributed by atoms with Crippen molar-refractivity contribution in [3.63, 3.8) is 0 Å². The Kier molecular flexibility index (Phi) is 5.11. The van der Waals surface area contributed by atoms with Gasteiger partial charge in [0.05, 0.1) is 28.8 Å². The molecular weight excluding hydrogens is 341 g/mol. The van der Waals surface area contributed by atoms with Crippen molar-refractivity contribution in [3.05, 3.63) is 27.7 Å². The Bertz CT molecular complexity index is 656. The third kappa shape index (κ3) is 3.87. The number of hydrogen-bond donors (Lipinski definition) is 1. The van der Waals surface area contributed by atoms with E-state index in [2.05, 4.69) is 0 Å². The Labute approximate surface area is 132 Å². The number of hydrogen-bond acceptors (Lipinski definition) is 5. The summed E-state index contributed by atoms with van der Waals surface area (Å²) in [4.78, 5) is 11.8. The van der Waals surface area contributed by atoms with E-state index in [4.69, 9.17) is 37.8 Å². The number of primary sulfonamides is 1. The van der Waals surface area contributed by atoms with Gasteiger partial charge in [-0.15, -0.1) is 0 Å². The maximum atomic E-state index is 12.2. The molecule has 1 aromatic carbocycles. The first kappa shape index (κ1) is 16.5. The minimum atomic E-state index is -4.06. The monoisotopic (exact) mass is 353 g/mol. The normalized spacial score (nSPS) is 16.7. The van der Waals surface area contributed by atoms with E-state index in [-0.39, 0.29) is 26.6 Å². The molecule has 6 nitrogen and oxygen atoms in total. The molecule has 0 unspecified atom stereocenters. The van der Waals surface area contributed by atoms with Crippen LogP contribution in [0.4, 0.5) is 0 Å². The number of carbonyl (C=O) groups excluding carboxylic acids is 1. The van der Waals surface area contributed by atoms with Crippen LogP contribution in [0.15, 0.2) is 17.0 Å². The average molecular weight is 354 g/mol. The zero-order chi connectivity index (χ0) is 15.6. The Morgan fingerprint density at radius 2 is 1.90 bits per heavy atom. The van der Waals surface area contributed by atoms with Crippen LogP contribution in [-0.2, 0) is 19.5 Å². The average Bonchev–Trinajstić information content (AvgIpc) is 2.38. The van der Waals surface area contributed by atoms with E-state index >= 15 is 0 Å². The third-order valence-corrected chi connectivity index (χ3v) is 4.78. The maximum absolute atomic E-state index is 12.2. The fourth-order valence-corrected chi connectivity index (χ4v) is 3.40. The second-order valence-electron chi connectivity index (χ2n) is 4.50. The zero-order valence-corrected chi connectivity index (χ0v) is 13.2. The van der Waals surface area contributed by atoms with Gasteiger partial charge in [0, 0.05) is 12.8 Å². The molecule has 0 saturated carbocycles. The quantitative estimate of drug-likeness (QED) is 0.838. The molecule has 0 radical (unpaired) electrons. The van der Waals surface area contributed by atoms with Gasteiger partial charge in [-0.05, 0) is 12.1 Å². The second-order valence-corrected chi connectivity index (χ2v) is 6.81. The molecule has 1 aliphatic heterocycles. The summed E-state index contributed by atoms with van der Waals surface area (Å²) in [5, 5.41) is 4.71. The van der Waals surface area contributed by atoms with Crippen molar-refractivity contribution in [2.24, 2.45) is 5.14 Å². The number of benzene rings is 1. The zero-order valence-electron chi connectivity index (χ0n) is 10.8. The number of carbonyl (C=O) groups is 1. The first-order chi connectivity index (χ1) is 9.80. The summed E-state index contributed by atoms with van der Waals surface area (Å²) < 4.78 is 33.3. The highest BCUT2D eigenvalue weighted by Crippen LogP contribution is 2.31. The van der Waals surface area contributed by atoms with Gasteiger partial charge in [0.2, 0.25) is 10.0 Å². The standard InChI is InChI=1S/C12H13Cl2NO5S/c13-8-1-2-9(21(15,17)18)11(14)10(8)12(16)20-7-3-5-19-6-4-7/h1-2,7H,3-6H2,(H2,15,17,18). The van der Waals surface area contributed by atoms with E-state index in [1.54, 1.807) is 0 Å². The Morgan fingerprint density at radius 1 is 1.29 bits per heavy atom. The number of esters is 1. The Morgan fingerprint density at radius 3 is 2.48 bits per heavy atom. The van der Waals surface area contributed by atoms with Crippen LogP contribution in [0.1, 0.15) is 23.2 Å². The summed E-state index contributed by atoms with van der Waals surface area (Å²) in [6.45, 7) is 0.993. The highest BCUT2D eigenvalue weighted by Gasteiger charge is 2.26. The molecule has 21 heavy (non-hydrogen) atoms. The van der Waals surface area contributed by atoms with E-state index in [0.29, 0.717) is 26.1 Å². The van der Waals surface area contributed by atoms with Crippen molar-refractivity contribution < 1.29 is 22.7 Å². The molecule has 1 fully saturated rings. The molecule has 1 aromatic rings. The lowest BCUT2D eigenvalue weighted by molar-refractivity contribution is -0.0159. The van der Waals surface area contributed by atoms with Gasteiger partial charge >= 0.3 is 5.97 Å². The minimum absolute atomic E-state index is 0.00413. The van der Waals surface area contributed by atoms with Crippen LogP contribution in [0.2, 0.25) is 10.0 Å². The van der Waals surface area contributed by atoms with Gasteiger partial charge in [0.15, 0.2) is 0 Å². The molecule has 1 heterocycles. The van der Waals surface area contributed by atoms with Crippen molar-refractivity contribution in [1.82, 2.24) is 0 Å². The molecule has 0 amide bonds. The van der Waals surface area contributed by atoms with E-state index in [1.807, 2.05) is 0 Å². The lowest BCUT2D eigenvalue weighted by atomic mass is 10.1. The molecule has 9 heteroatoms. The molecule has 116 valence electrons. The number of halogens is 2. The molecule has 2 rings (SSSR count). The van der Waals surface area contributed by atoms with E-state index in [9.17, 15) is 13.2 Å². The predicted octanol–water partition coefficient (Wildman–Crippen LogP) is 1.98. The largest absolute Gasteiger partial charge is 0.459 e. The third-order valence-electron chi connectivity index (χ3n) is 3.01. The molecule has 1 aliphatic rings. The topological polar surface area (TPSA) is 95.7 Å². The predicted molar refractivity (Wildman–Crippen MR) is 77.1 cm³/mol. The molecule has 2 N–H and O–H groups in total. The fraction of sp³-hybridized carbons (Fsp3) is 0.417. The molecule has 1 saturated heterocycles. The van der Waals surface area contributed by atoms with E-state index in [0.717, 1.165) is 6.07 Å². The summed E-state index contributed by atoms with van der Waals surface area (Å²) in [5.41, 5.74) is -0.198. The lowest BCUT2D eigenvalue weighted by Crippen LogP contribution is -2.26. The van der Waals surface area contributed by atoms with Crippen LogP contribution in [0, 0.1) is 0 Å². The van der Waals surface area contributed by atoms with Crippen LogP contribution >= 0.6 is 23.2 Å². The van der Waals surface area contributed by atoms with Crippen molar-refractivity contribution in [3.8, 4) is 0 Å². The highest BCUT2D eigenvalue weighted by atomic mass is 35.5. The van der Waals surface area contributed by atoms with Gasteiger partial charge in [0.1, 0.15) is 11.0 Å². The van der Waals surface area contributed by atoms with Gasteiger partial charge in [-0.2, -0.15) is 0 Å². The van der Waals surface area contributed by atoms with Crippen molar-refractivity contribution in [2.75, 3.05) is 13.2 Å². The maximum Gasteiger partial charge on any atom is 0.341 e. The van der Waals surface area contributed by atoms with Gasteiger partial charge in [-0.1, -0.05) is 23.2 Å². The fourth-order valence-electron chi connectivity index (χ4n) is 1.94. The molecule has 0 atom stereocenters. The van der Waals surface area contributed by atoms with Crippen LogP contribution < -0.4 is 5.14 Å². The van der Waals surface area contributed by atoms with Crippen molar-refractivity contribution in [2.45, 2.75) is 23.8 Å². The SMILES string of the molecule is NS(=O)(=O)c1ccc(Cl)c(C(=O)OC2CCOCC2)c1Cl. The smallest absolute Gasteiger partial charge is 0.341 e. The lowest BCUT2D eigenvalue weighted by Gasteiger charge is -2.22. The van der Waals surface area contributed by atoms with Crippen LogP contribution in [0.5, 0.6) is 0 Å². The molecular formula is C12H13Cl2NO5S. The summed E-state index contributed by atoms with van der Waals surface area (Å²) in [6.07, 6.45) is 0.822. The Balaban J connectivity index is 2.32. The van der Waals surface area contributed by atoms with Gasteiger partial charge in [0.25, 0.3) is 0 Å². The number of ether oxygens (including phenoxy) is 2. The van der Waals surface area contributed by atoms with Gasteiger partial charge < -0.3 is 9.47 Å². The number of sulfonamides is 1. The summed E-state index contributed by atoms with van der Waals surface area (Å²) in [7, 11) is -4.06. The molecule has 0 bridgehead atoms. The number of rotatable bonds is 3. The first-order valence-electron chi connectivity index (χ1n) is 6.10. The summed E-state index contributed by atoms with van der Waals surface area (Å²) >= 11 is 11.9. The highest BCUT2D eigenvalue weighted by molar-refractivity contribution is 7.89. The molecule has 0 spiro atoms. The molecule has 0 aromatic heterocycles. The van der Waals surface area contributed by atoms with Crippen LogP contribution in [0.25, 0.3) is 0 Å². The van der Waals surface area contributed by atoms with Crippen molar-refractivity contribution in [1.29, 1.82) is 0 Å². The Hall–Kier alpha value is -0.860.